The third kappa shape index (κ3) is 0.995. The minimum atomic E-state index is -0.235. The lowest BCUT2D eigenvalue weighted by molar-refractivity contribution is -0.677. The predicted octanol–water partition coefficient (Wildman–Crippen LogP) is 0.770. The first kappa shape index (κ1) is 7.34. The summed E-state index contributed by atoms with van der Waals surface area (Å²) in [4.78, 5) is 22.5. The van der Waals surface area contributed by atoms with Crippen LogP contribution in [-0.4, -0.2) is 28.7 Å². The molecular formula is C8H10N2O2+2. The zero-order valence-electron chi connectivity index (χ0n) is 6.64. The van der Waals surface area contributed by atoms with Crippen molar-refractivity contribution in [1.29, 1.82) is 0 Å². The Hall–Kier alpha value is -1.32. The molecule has 0 radical (unpaired) electrons. The standard InChI is InChI=1S/C8H10N2O2/c11-9-5-6-10(12)8-4-2-1-3-7(8)9/h1-3,8H,4-6H2/q+2. The Bertz CT molecular complexity index is 304. The summed E-state index contributed by atoms with van der Waals surface area (Å²) in [7, 11) is 0. The van der Waals surface area contributed by atoms with Gasteiger partial charge in [-0.15, -0.1) is 0 Å². The van der Waals surface area contributed by atoms with Crippen LogP contribution in [0.5, 0.6) is 0 Å². The minimum Gasteiger partial charge on any atom is -0.0770 e. The second-order valence-electron chi connectivity index (χ2n) is 3.01. The van der Waals surface area contributed by atoms with E-state index in [1.807, 2.05) is 12.2 Å². The number of hydrogen-bond donors (Lipinski definition) is 0. The fourth-order valence-electron chi connectivity index (χ4n) is 1.59. The Balaban J connectivity index is 2.35. The molecule has 4 nitrogen and oxygen atoms in total. The molecule has 1 aliphatic carbocycles. The summed E-state index contributed by atoms with van der Waals surface area (Å²) in [6.07, 6.45) is 6.13. The van der Waals surface area contributed by atoms with Crippen molar-refractivity contribution < 1.29 is 9.52 Å². The Morgan fingerprint density at radius 3 is 2.92 bits per heavy atom. The highest BCUT2D eigenvalue weighted by molar-refractivity contribution is 5.16. The number of hydrogen-bond acceptors (Lipinski definition) is 2. The summed E-state index contributed by atoms with van der Waals surface area (Å²) >= 11 is 0. The minimum absolute atomic E-state index is 0.235. The predicted molar refractivity (Wildman–Crippen MR) is 42.6 cm³/mol. The quantitative estimate of drug-likeness (QED) is 0.499. The van der Waals surface area contributed by atoms with Gasteiger partial charge in [0.1, 0.15) is 0 Å². The monoisotopic (exact) mass is 166 g/mol. The zero-order valence-corrected chi connectivity index (χ0v) is 6.64. The fraction of sp³-hybridized carbons (Fsp3) is 0.500. The highest BCUT2D eigenvalue weighted by atomic mass is 16.3. The second kappa shape index (κ2) is 2.62. The highest BCUT2D eigenvalue weighted by Gasteiger charge is 2.45. The summed E-state index contributed by atoms with van der Waals surface area (Å²) in [5.74, 6) is 0. The van der Waals surface area contributed by atoms with Crippen molar-refractivity contribution in [3.05, 3.63) is 33.7 Å². The highest BCUT2D eigenvalue weighted by Crippen LogP contribution is 2.20. The van der Waals surface area contributed by atoms with Crippen LogP contribution in [0.1, 0.15) is 6.42 Å². The molecule has 0 aromatic rings. The molecule has 0 N–H and O–H groups in total. The van der Waals surface area contributed by atoms with Crippen LogP contribution < -0.4 is 0 Å². The van der Waals surface area contributed by atoms with Crippen LogP contribution in [0, 0.1) is 9.81 Å². The Kier molecular flexibility index (Phi) is 1.60. The molecule has 62 valence electrons. The molecule has 1 fully saturated rings. The van der Waals surface area contributed by atoms with Gasteiger partial charge in [0.15, 0.2) is 0 Å². The van der Waals surface area contributed by atoms with Gasteiger partial charge >= 0.3 is 5.70 Å². The third-order valence-electron chi connectivity index (χ3n) is 2.26. The lowest BCUT2D eigenvalue weighted by Gasteiger charge is -2.10. The molecule has 2 rings (SSSR count). The molecule has 0 bridgehead atoms. The molecule has 4 heteroatoms. The van der Waals surface area contributed by atoms with Gasteiger partial charge in [-0.05, 0) is 0 Å². The number of fused-ring (bicyclic) bond motifs is 1. The molecule has 0 amide bonds. The number of nitroso groups, excluding NO2 is 2. The summed E-state index contributed by atoms with van der Waals surface area (Å²) in [6.45, 7) is 0.610. The van der Waals surface area contributed by atoms with Crippen LogP contribution in [0.15, 0.2) is 23.9 Å². The van der Waals surface area contributed by atoms with E-state index >= 15 is 0 Å². The largest absolute Gasteiger partial charge is 0.305 e. The molecule has 0 aromatic carbocycles. The van der Waals surface area contributed by atoms with Gasteiger partial charge in [0.2, 0.25) is 0 Å². The van der Waals surface area contributed by atoms with Crippen LogP contribution in [0.4, 0.5) is 0 Å². The van der Waals surface area contributed by atoms with Crippen LogP contribution in [0.3, 0.4) is 0 Å². The van der Waals surface area contributed by atoms with Crippen LogP contribution in [0.25, 0.3) is 0 Å². The first-order valence-electron chi connectivity index (χ1n) is 4.04. The van der Waals surface area contributed by atoms with Gasteiger partial charge in [-0.3, -0.25) is 0 Å². The molecule has 0 spiro atoms. The van der Waals surface area contributed by atoms with Gasteiger partial charge in [0.25, 0.3) is 19.1 Å². The van der Waals surface area contributed by atoms with E-state index < -0.39 is 0 Å². The van der Waals surface area contributed by atoms with E-state index in [0.29, 0.717) is 25.2 Å². The Morgan fingerprint density at radius 2 is 2.17 bits per heavy atom. The van der Waals surface area contributed by atoms with E-state index in [-0.39, 0.29) is 6.04 Å². The third-order valence-corrected chi connectivity index (χ3v) is 2.26. The first-order chi connectivity index (χ1) is 5.79. The summed E-state index contributed by atoms with van der Waals surface area (Å²) in [5, 5.41) is 0. The molecule has 1 saturated heterocycles. The van der Waals surface area contributed by atoms with Crippen molar-refractivity contribution in [2.75, 3.05) is 13.1 Å². The molecule has 12 heavy (non-hydrogen) atoms. The lowest BCUT2D eigenvalue weighted by Crippen LogP contribution is -2.40. The number of allylic oxidation sites excluding steroid dienone is 2. The van der Waals surface area contributed by atoms with E-state index in [2.05, 4.69) is 0 Å². The topological polar surface area (TPSA) is 40.2 Å². The van der Waals surface area contributed by atoms with E-state index in [0.717, 1.165) is 9.52 Å². The maximum Gasteiger partial charge on any atom is 0.305 e. The van der Waals surface area contributed by atoms with Crippen molar-refractivity contribution in [1.82, 2.24) is 0 Å². The van der Waals surface area contributed by atoms with Crippen molar-refractivity contribution in [2.24, 2.45) is 0 Å². The lowest BCUT2D eigenvalue weighted by atomic mass is 10.0. The molecule has 0 aromatic heterocycles. The van der Waals surface area contributed by atoms with Gasteiger partial charge in [-0.25, -0.2) is 0 Å². The van der Waals surface area contributed by atoms with E-state index in [1.165, 1.54) is 0 Å². The van der Waals surface area contributed by atoms with E-state index in [1.54, 1.807) is 6.08 Å². The number of nitrogens with zero attached hydrogens (tertiary/aromatic N) is 2. The van der Waals surface area contributed by atoms with Crippen LogP contribution >= 0.6 is 0 Å². The van der Waals surface area contributed by atoms with Gasteiger partial charge in [0, 0.05) is 31.8 Å². The van der Waals surface area contributed by atoms with Crippen LogP contribution in [0.2, 0.25) is 0 Å². The fourth-order valence-corrected chi connectivity index (χ4v) is 1.59. The molecule has 1 heterocycles. The van der Waals surface area contributed by atoms with Gasteiger partial charge in [-0.2, -0.15) is 0 Å². The molecular weight excluding hydrogens is 156 g/mol. The molecule has 1 unspecified atom stereocenters. The van der Waals surface area contributed by atoms with E-state index in [4.69, 9.17) is 0 Å². The van der Waals surface area contributed by atoms with Crippen molar-refractivity contribution in [3.63, 3.8) is 0 Å². The normalized spacial score (nSPS) is 28.3. The summed E-state index contributed by atoms with van der Waals surface area (Å²) in [5.41, 5.74) is 0.610. The molecule has 1 atom stereocenters. The van der Waals surface area contributed by atoms with Gasteiger partial charge < -0.3 is 0 Å². The second-order valence-corrected chi connectivity index (χ2v) is 3.01. The zero-order chi connectivity index (χ0) is 8.55. The van der Waals surface area contributed by atoms with Gasteiger partial charge in [-0.1, -0.05) is 12.2 Å². The number of rotatable bonds is 0. The van der Waals surface area contributed by atoms with Crippen molar-refractivity contribution in [2.45, 2.75) is 12.5 Å². The number of piperazine rings is 1. The van der Waals surface area contributed by atoms with Crippen molar-refractivity contribution >= 4 is 0 Å². The Morgan fingerprint density at radius 1 is 1.33 bits per heavy atom. The maximum absolute atomic E-state index is 11.3. The smallest absolute Gasteiger partial charge is 0.0770 e. The van der Waals surface area contributed by atoms with Gasteiger partial charge in [0.05, 0.1) is 0 Å². The summed E-state index contributed by atoms with van der Waals surface area (Å²) in [6, 6.07) is -0.235. The van der Waals surface area contributed by atoms with Crippen molar-refractivity contribution in [3.8, 4) is 0 Å². The first-order valence-corrected chi connectivity index (χ1v) is 4.04. The SMILES string of the molecule is O=[N+]1CC[N+](=O)C2CC=CC=C21. The van der Waals surface area contributed by atoms with E-state index in [9.17, 15) is 9.81 Å². The summed E-state index contributed by atoms with van der Waals surface area (Å²) < 4.78 is 1.91. The Labute approximate surface area is 69.7 Å². The maximum atomic E-state index is 11.3. The molecule has 0 saturated carbocycles. The average molecular weight is 166 g/mol. The molecule has 2 aliphatic rings. The molecule has 1 aliphatic heterocycles. The average Bonchev–Trinajstić information content (AvgIpc) is 2.12. The van der Waals surface area contributed by atoms with Crippen LogP contribution in [-0.2, 0) is 0 Å².